The van der Waals surface area contributed by atoms with E-state index in [1.165, 1.54) is 0 Å². The van der Waals surface area contributed by atoms with E-state index in [9.17, 15) is 0 Å². The minimum absolute atomic E-state index is 0.0494. The van der Waals surface area contributed by atoms with Crippen LogP contribution in [0.5, 0.6) is 11.5 Å². The van der Waals surface area contributed by atoms with Crippen molar-refractivity contribution in [2.75, 3.05) is 13.2 Å². The third-order valence-corrected chi connectivity index (χ3v) is 3.56. The van der Waals surface area contributed by atoms with Crippen molar-refractivity contribution in [3.05, 3.63) is 58.1 Å². The van der Waals surface area contributed by atoms with Gasteiger partial charge in [0.1, 0.15) is 24.7 Å². The van der Waals surface area contributed by atoms with E-state index in [0.717, 1.165) is 27.1 Å². The van der Waals surface area contributed by atoms with Crippen LogP contribution in [0.15, 0.2) is 46.9 Å². The molecule has 2 rings (SSSR count). The van der Waals surface area contributed by atoms with Crippen molar-refractivity contribution in [1.29, 1.82) is 0 Å². The third-order valence-electron chi connectivity index (χ3n) is 3.07. The molecule has 0 aliphatic carbocycles. The minimum atomic E-state index is -0.0494. The lowest BCUT2D eigenvalue weighted by Gasteiger charge is -2.15. The fourth-order valence-electron chi connectivity index (χ4n) is 2.01. The third kappa shape index (κ3) is 4.76. The summed E-state index contributed by atoms with van der Waals surface area (Å²) in [5.74, 6) is 1.66. The molecule has 2 N–H and O–H groups in total. The number of benzene rings is 2. The van der Waals surface area contributed by atoms with Gasteiger partial charge in [-0.25, -0.2) is 0 Å². The van der Waals surface area contributed by atoms with Crippen LogP contribution in [0.4, 0.5) is 0 Å². The summed E-state index contributed by atoms with van der Waals surface area (Å²) in [5, 5.41) is 0. The monoisotopic (exact) mass is 349 g/mol. The molecule has 0 saturated carbocycles. The van der Waals surface area contributed by atoms with Crippen LogP contribution in [0.1, 0.15) is 24.1 Å². The van der Waals surface area contributed by atoms with Gasteiger partial charge in [0.15, 0.2) is 0 Å². The molecule has 2 aromatic rings. The topological polar surface area (TPSA) is 44.5 Å². The quantitative estimate of drug-likeness (QED) is 0.793. The molecule has 0 heterocycles. The Morgan fingerprint density at radius 2 is 1.86 bits per heavy atom. The van der Waals surface area contributed by atoms with E-state index in [1.54, 1.807) is 0 Å². The van der Waals surface area contributed by atoms with Gasteiger partial charge in [-0.3, -0.25) is 0 Å². The molecule has 0 radical (unpaired) electrons. The molecule has 4 heteroatoms. The summed E-state index contributed by atoms with van der Waals surface area (Å²) in [6.45, 7) is 4.96. The zero-order chi connectivity index (χ0) is 15.2. The maximum Gasteiger partial charge on any atom is 0.124 e. The molecule has 2 aromatic carbocycles. The van der Waals surface area contributed by atoms with Gasteiger partial charge >= 0.3 is 0 Å². The fraction of sp³-hybridized carbons (Fsp3) is 0.294. The van der Waals surface area contributed by atoms with Crippen molar-refractivity contribution in [1.82, 2.24) is 0 Å². The van der Waals surface area contributed by atoms with Crippen LogP contribution in [0.3, 0.4) is 0 Å². The molecule has 0 aromatic heterocycles. The molecule has 0 spiro atoms. The first-order chi connectivity index (χ1) is 10.1. The maximum absolute atomic E-state index is 5.96. The standard InChI is InChI=1S/C17H20BrNO2/c1-12-6-7-16(13(2)19)17(10-12)21-9-8-20-15-5-3-4-14(18)11-15/h3-7,10-11,13H,8-9,19H2,1-2H3. The summed E-state index contributed by atoms with van der Waals surface area (Å²) >= 11 is 3.42. The van der Waals surface area contributed by atoms with Crippen LogP contribution < -0.4 is 15.2 Å². The second kappa shape index (κ2) is 7.48. The van der Waals surface area contributed by atoms with E-state index in [2.05, 4.69) is 15.9 Å². The number of halogens is 1. The molecule has 0 aliphatic rings. The van der Waals surface area contributed by atoms with Crippen LogP contribution in [0, 0.1) is 6.92 Å². The summed E-state index contributed by atoms with van der Waals surface area (Å²) in [7, 11) is 0. The number of aryl methyl sites for hydroxylation is 1. The van der Waals surface area contributed by atoms with Gasteiger partial charge in [0, 0.05) is 16.1 Å². The smallest absolute Gasteiger partial charge is 0.124 e. The number of ether oxygens (including phenoxy) is 2. The van der Waals surface area contributed by atoms with Gasteiger partial charge < -0.3 is 15.2 Å². The zero-order valence-corrected chi connectivity index (χ0v) is 13.9. The summed E-state index contributed by atoms with van der Waals surface area (Å²) in [6.07, 6.45) is 0. The molecule has 0 amide bonds. The van der Waals surface area contributed by atoms with Crippen molar-refractivity contribution < 1.29 is 9.47 Å². The fourth-order valence-corrected chi connectivity index (χ4v) is 2.39. The Labute approximate surface area is 134 Å². The van der Waals surface area contributed by atoms with Crippen LogP contribution in [0.25, 0.3) is 0 Å². The predicted molar refractivity (Wildman–Crippen MR) is 88.9 cm³/mol. The molecular weight excluding hydrogens is 330 g/mol. The van der Waals surface area contributed by atoms with E-state index < -0.39 is 0 Å². The second-order valence-electron chi connectivity index (χ2n) is 4.98. The molecule has 3 nitrogen and oxygen atoms in total. The SMILES string of the molecule is Cc1ccc(C(C)N)c(OCCOc2cccc(Br)c2)c1. The average Bonchev–Trinajstić information content (AvgIpc) is 2.43. The molecule has 112 valence electrons. The van der Waals surface area contributed by atoms with Gasteiger partial charge in [-0.1, -0.05) is 34.1 Å². The summed E-state index contributed by atoms with van der Waals surface area (Å²) in [4.78, 5) is 0. The highest BCUT2D eigenvalue weighted by atomic mass is 79.9. The molecule has 1 unspecified atom stereocenters. The lowest BCUT2D eigenvalue weighted by atomic mass is 10.1. The molecule has 0 bridgehead atoms. The Morgan fingerprint density at radius 3 is 2.57 bits per heavy atom. The van der Waals surface area contributed by atoms with Gasteiger partial charge in [-0.15, -0.1) is 0 Å². The first-order valence-electron chi connectivity index (χ1n) is 6.93. The summed E-state index contributed by atoms with van der Waals surface area (Å²) < 4.78 is 12.5. The van der Waals surface area contributed by atoms with E-state index in [1.807, 2.05) is 56.3 Å². The van der Waals surface area contributed by atoms with E-state index in [-0.39, 0.29) is 6.04 Å². The number of rotatable bonds is 6. The Bertz CT molecular complexity index is 599. The highest BCUT2D eigenvalue weighted by molar-refractivity contribution is 9.10. The van der Waals surface area contributed by atoms with E-state index >= 15 is 0 Å². The first-order valence-corrected chi connectivity index (χ1v) is 7.73. The highest BCUT2D eigenvalue weighted by Gasteiger charge is 2.08. The zero-order valence-electron chi connectivity index (χ0n) is 12.3. The average molecular weight is 350 g/mol. The van der Waals surface area contributed by atoms with Crippen molar-refractivity contribution in [3.8, 4) is 11.5 Å². The van der Waals surface area contributed by atoms with Crippen LogP contribution in [0.2, 0.25) is 0 Å². The number of hydrogen-bond acceptors (Lipinski definition) is 3. The van der Waals surface area contributed by atoms with Gasteiger partial charge in [0.05, 0.1) is 0 Å². The summed E-state index contributed by atoms with van der Waals surface area (Å²) in [5.41, 5.74) is 8.13. The Hall–Kier alpha value is -1.52. The Kier molecular flexibility index (Phi) is 5.65. The molecule has 0 aliphatic heterocycles. The van der Waals surface area contributed by atoms with Gasteiger partial charge in [0.2, 0.25) is 0 Å². The lowest BCUT2D eigenvalue weighted by Crippen LogP contribution is -2.12. The van der Waals surface area contributed by atoms with Crippen LogP contribution >= 0.6 is 15.9 Å². The first kappa shape index (κ1) is 15.9. The molecule has 21 heavy (non-hydrogen) atoms. The van der Waals surface area contributed by atoms with Crippen molar-refractivity contribution in [2.45, 2.75) is 19.9 Å². The van der Waals surface area contributed by atoms with E-state index in [4.69, 9.17) is 15.2 Å². The molecule has 0 saturated heterocycles. The Balaban J connectivity index is 1.90. The lowest BCUT2D eigenvalue weighted by molar-refractivity contribution is 0.215. The van der Waals surface area contributed by atoms with Crippen LogP contribution in [-0.2, 0) is 0 Å². The highest BCUT2D eigenvalue weighted by Crippen LogP contribution is 2.25. The minimum Gasteiger partial charge on any atom is -0.490 e. The Morgan fingerprint density at radius 1 is 1.10 bits per heavy atom. The summed E-state index contributed by atoms with van der Waals surface area (Å²) in [6, 6.07) is 13.8. The van der Waals surface area contributed by atoms with E-state index in [0.29, 0.717) is 13.2 Å². The van der Waals surface area contributed by atoms with Crippen molar-refractivity contribution in [3.63, 3.8) is 0 Å². The number of nitrogens with two attached hydrogens (primary N) is 1. The van der Waals surface area contributed by atoms with Crippen molar-refractivity contribution >= 4 is 15.9 Å². The van der Waals surface area contributed by atoms with Crippen molar-refractivity contribution in [2.24, 2.45) is 5.73 Å². The van der Waals surface area contributed by atoms with Gasteiger partial charge in [-0.05, 0) is 43.7 Å². The number of hydrogen-bond donors (Lipinski definition) is 1. The van der Waals surface area contributed by atoms with Gasteiger partial charge in [-0.2, -0.15) is 0 Å². The largest absolute Gasteiger partial charge is 0.490 e. The predicted octanol–water partition coefficient (Wildman–Crippen LogP) is 4.24. The van der Waals surface area contributed by atoms with Crippen LogP contribution in [-0.4, -0.2) is 13.2 Å². The molecular formula is C17H20BrNO2. The normalized spacial score (nSPS) is 12.0. The second-order valence-corrected chi connectivity index (χ2v) is 5.90. The molecule has 0 fully saturated rings. The van der Waals surface area contributed by atoms with Gasteiger partial charge in [0.25, 0.3) is 0 Å². The maximum atomic E-state index is 5.96. The molecule has 1 atom stereocenters.